The number of ether oxygens (including phenoxy) is 1. The number of likely N-dealkylation sites (tertiary alicyclic amines) is 2. The fraction of sp³-hybridized carbons (Fsp3) is 0.591. The smallest absolute Gasteiger partial charge is 0.231 e. The monoisotopic (exact) mass is 398 g/mol. The highest BCUT2D eigenvalue weighted by Gasteiger charge is 2.31. The fourth-order valence-electron chi connectivity index (χ4n) is 4.35. The van der Waals surface area contributed by atoms with Crippen LogP contribution in [-0.2, 0) is 17.8 Å². The second kappa shape index (κ2) is 8.95. The summed E-state index contributed by atoms with van der Waals surface area (Å²) in [6, 6.07) is 7.83. The van der Waals surface area contributed by atoms with Crippen LogP contribution in [0.3, 0.4) is 0 Å². The van der Waals surface area contributed by atoms with Crippen LogP contribution in [0.2, 0.25) is 0 Å². The Kier molecular flexibility index (Phi) is 6.13. The minimum atomic E-state index is 0.0983. The van der Waals surface area contributed by atoms with E-state index < -0.39 is 0 Å². The van der Waals surface area contributed by atoms with Crippen LogP contribution in [0.4, 0.5) is 0 Å². The van der Waals surface area contributed by atoms with Crippen LogP contribution >= 0.6 is 0 Å². The summed E-state index contributed by atoms with van der Waals surface area (Å²) < 4.78 is 11.0. The summed E-state index contributed by atoms with van der Waals surface area (Å²) in [4.78, 5) is 21.4. The fourth-order valence-corrected chi connectivity index (χ4v) is 4.35. The Bertz CT molecular complexity index is 829. The molecule has 0 aliphatic carbocycles. The van der Waals surface area contributed by atoms with Crippen molar-refractivity contribution < 1.29 is 14.1 Å². The first-order chi connectivity index (χ1) is 14.1. The minimum Gasteiger partial charge on any atom is -0.496 e. The summed E-state index contributed by atoms with van der Waals surface area (Å²) in [5, 5.41) is 4.24. The van der Waals surface area contributed by atoms with E-state index in [2.05, 4.69) is 17.1 Å². The molecule has 0 saturated carbocycles. The molecular formula is C22H30N4O3. The van der Waals surface area contributed by atoms with Gasteiger partial charge in [-0.05, 0) is 51.4 Å². The average Bonchev–Trinajstić information content (AvgIpc) is 3.20. The molecule has 2 aliphatic rings. The quantitative estimate of drug-likeness (QED) is 0.745. The number of aromatic nitrogens is 2. The maximum atomic E-state index is 12.5. The lowest BCUT2D eigenvalue weighted by Crippen LogP contribution is -2.38. The van der Waals surface area contributed by atoms with E-state index in [1.807, 2.05) is 29.2 Å². The molecule has 2 fully saturated rings. The van der Waals surface area contributed by atoms with Gasteiger partial charge in [-0.2, -0.15) is 4.98 Å². The number of piperidine rings is 2. The molecular weight excluding hydrogens is 368 g/mol. The Morgan fingerprint density at radius 2 is 2.00 bits per heavy atom. The van der Waals surface area contributed by atoms with Crippen molar-refractivity contribution in [2.75, 3.05) is 33.8 Å². The number of amides is 1. The number of methoxy groups -OCH3 is 1. The van der Waals surface area contributed by atoms with Crippen LogP contribution in [0.15, 0.2) is 28.8 Å². The van der Waals surface area contributed by atoms with Crippen LogP contribution in [0.25, 0.3) is 0 Å². The molecule has 2 saturated heterocycles. The summed E-state index contributed by atoms with van der Waals surface area (Å²) in [5.74, 6) is 3.18. The number of nitrogens with zero attached hydrogens (tertiary/aromatic N) is 4. The molecule has 1 unspecified atom stereocenters. The second-order valence-corrected chi connectivity index (χ2v) is 8.32. The standard InChI is InChI=1S/C22H30N4O3/c1-25-11-9-16(10-12-25)13-20-23-22(29-24-20)18-7-8-21(27)26(15-18)14-17-5-3-4-6-19(17)28-2/h3-6,16,18H,7-15H2,1-2H3. The third kappa shape index (κ3) is 4.78. The van der Waals surface area contributed by atoms with Crippen molar-refractivity contribution >= 4 is 5.91 Å². The van der Waals surface area contributed by atoms with Crippen LogP contribution in [0, 0.1) is 5.92 Å². The molecule has 4 rings (SSSR count). The topological polar surface area (TPSA) is 71.7 Å². The first-order valence-electron chi connectivity index (χ1n) is 10.5. The summed E-state index contributed by atoms with van der Waals surface area (Å²) in [7, 11) is 3.83. The molecule has 29 heavy (non-hydrogen) atoms. The van der Waals surface area contributed by atoms with E-state index in [-0.39, 0.29) is 11.8 Å². The Morgan fingerprint density at radius 3 is 2.79 bits per heavy atom. The van der Waals surface area contributed by atoms with Crippen molar-refractivity contribution in [3.8, 4) is 5.75 Å². The molecule has 0 N–H and O–H groups in total. The van der Waals surface area contributed by atoms with E-state index in [1.54, 1.807) is 7.11 Å². The zero-order valence-corrected chi connectivity index (χ0v) is 17.3. The van der Waals surface area contributed by atoms with E-state index in [0.717, 1.165) is 43.1 Å². The lowest BCUT2D eigenvalue weighted by Gasteiger charge is -2.31. The van der Waals surface area contributed by atoms with Crippen LogP contribution < -0.4 is 4.74 Å². The van der Waals surface area contributed by atoms with Crippen LogP contribution in [0.5, 0.6) is 5.75 Å². The van der Waals surface area contributed by atoms with Gasteiger partial charge in [0.25, 0.3) is 0 Å². The third-order valence-corrected chi connectivity index (χ3v) is 6.20. The molecule has 1 atom stereocenters. The van der Waals surface area contributed by atoms with Gasteiger partial charge >= 0.3 is 0 Å². The molecule has 7 nitrogen and oxygen atoms in total. The number of carbonyl (C=O) groups excluding carboxylic acids is 1. The molecule has 7 heteroatoms. The molecule has 0 bridgehead atoms. The zero-order chi connectivity index (χ0) is 20.2. The highest BCUT2D eigenvalue weighted by atomic mass is 16.5. The molecule has 0 radical (unpaired) electrons. The molecule has 2 aliphatic heterocycles. The number of hydrogen-bond acceptors (Lipinski definition) is 6. The second-order valence-electron chi connectivity index (χ2n) is 8.32. The molecule has 2 aromatic rings. The summed E-state index contributed by atoms with van der Waals surface area (Å²) in [6.45, 7) is 3.42. The summed E-state index contributed by atoms with van der Waals surface area (Å²) in [5.41, 5.74) is 1.01. The van der Waals surface area contributed by atoms with Gasteiger partial charge in [0, 0.05) is 31.5 Å². The lowest BCUT2D eigenvalue weighted by atomic mass is 9.93. The van der Waals surface area contributed by atoms with Crippen molar-refractivity contribution in [3.05, 3.63) is 41.5 Å². The van der Waals surface area contributed by atoms with Crippen LogP contribution in [-0.4, -0.2) is 59.6 Å². The molecule has 1 aromatic carbocycles. The Hall–Kier alpha value is -2.41. The van der Waals surface area contributed by atoms with Gasteiger partial charge in [-0.3, -0.25) is 4.79 Å². The minimum absolute atomic E-state index is 0.0983. The van der Waals surface area contributed by atoms with E-state index >= 15 is 0 Å². The van der Waals surface area contributed by atoms with Gasteiger partial charge in [-0.1, -0.05) is 23.4 Å². The number of hydrogen-bond donors (Lipinski definition) is 0. The van der Waals surface area contributed by atoms with Gasteiger partial charge in [0.1, 0.15) is 5.75 Å². The first-order valence-corrected chi connectivity index (χ1v) is 10.5. The highest BCUT2D eigenvalue weighted by molar-refractivity contribution is 5.77. The van der Waals surface area contributed by atoms with E-state index in [1.165, 1.54) is 12.8 Å². The summed E-state index contributed by atoms with van der Waals surface area (Å²) in [6.07, 6.45) is 4.52. The number of carbonyl (C=O) groups is 1. The maximum Gasteiger partial charge on any atom is 0.231 e. The number of benzene rings is 1. The predicted molar refractivity (Wildman–Crippen MR) is 109 cm³/mol. The van der Waals surface area contributed by atoms with Crippen molar-refractivity contribution in [2.24, 2.45) is 5.92 Å². The van der Waals surface area contributed by atoms with E-state index in [0.29, 0.717) is 31.3 Å². The maximum absolute atomic E-state index is 12.5. The average molecular weight is 399 g/mol. The van der Waals surface area contributed by atoms with E-state index in [4.69, 9.17) is 14.2 Å². The number of para-hydroxylation sites is 1. The van der Waals surface area contributed by atoms with E-state index in [9.17, 15) is 4.79 Å². The Balaban J connectivity index is 1.39. The molecule has 156 valence electrons. The van der Waals surface area contributed by atoms with Gasteiger partial charge in [0.05, 0.1) is 13.0 Å². The molecule has 0 spiro atoms. The molecule has 1 aromatic heterocycles. The Labute approximate surface area is 172 Å². The normalized spacial score (nSPS) is 21.5. The third-order valence-electron chi connectivity index (χ3n) is 6.20. The number of rotatable bonds is 6. The lowest BCUT2D eigenvalue weighted by molar-refractivity contribution is -0.134. The van der Waals surface area contributed by atoms with Crippen molar-refractivity contribution in [1.29, 1.82) is 0 Å². The predicted octanol–water partition coefficient (Wildman–Crippen LogP) is 2.87. The van der Waals surface area contributed by atoms with Crippen LogP contribution in [0.1, 0.15) is 48.9 Å². The van der Waals surface area contributed by atoms with Gasteiger partial charge in [0.2, 0.25) is 11.8 Å². The van der Waals surface area contributed by atoms with Crippen molar-refractivity contribution in [2.45, 2.75) is 44.6 Å². The Morgan fingerprint density at radius 1 is 1.21 bits per heavy atom. The zero-order valence-electron chi connectivity index (χ0n) is 17.3. The van der Waals surface area contributed by atoms with Gasteiger partial charge in [-0.25, -0.2) is 0 Å². The molecule has 1 amide bonds. The molecule has 3 heterocycles. The first kappa shape index (κ1) is 19.9. The van der Waals surface area contributed by atoms with Crippen molar-refractivity contribution in [1.82, 2.24) is 19.9 Å². The highest BCUT2D eigenvalue weighted by Crippen LogP contribution is 2.29. The van der Waals surface area contributed by atoms with Gasteiger partial charge in [0.15, 0.2) is 5.82 Å². The van der Waals surface area contributed by atoms with Gasteiger partial charge < -0.3 is 19.1 Å². The SMILES string of the molecule is COc1ccccc1CN1CC(c2nc(CC3CCN(C)CC3)no2)CCC1=O. The van der Waals surface area contributed by atoms with Gasteiger partial charge in [-0.15, -0.1) is 0 Å². The summed E-state index contributed by atoms with van der Waals surface area (Å²) >= 11 is 0. The van der Waals surface area contributed by atoms with Crippen molar-refractivity contribution in [3.63, 3.8) is 0 Å². The largest absolute Gasteiger partial charge is 0.496 e.